The highest BCUT2D eigenvalue weighted by molar-refractivity contribution is 5.56. The number of rotatable bonds is 6. The zero-order valence-corrected chi connectivity index (χ0v) is 11.5. The Kier molecular flexibility index (Phi) is 4.72. The average molecular weight is 299 g/mol. The molecule has 1 aromatic heterocycles. The van der Waals surface area contributed by atoms with Crippen molar-refractivity contribution in [3.05, 3.63) is 42.2 Å². The number of ether oxygens (including phenoxy) is 1. The van der Waals surface area contributed by atoms with Gasteiger partial charge in [0, 0.05) is 24.8 Å². The third-order valence-electron chi connectivity index (χ3n) is 2.74. The molecule has 0 saturated carbocycles. The van der Waals surface area contributed by atoms with Crippen molar-refractivity contribution < 1.29 is 17.9 Å². The number of hydrogen-bond acceptors (Lipinski definition) is 3. The first kappa shape index (κ1) is 15.2. The van der Waals surface area contributed by atoms with Crippen molar-refractivity contribution in [1.82, 2.24) is 9.78 Å². The van der Waals surface area contributed by atoms with Crippen molar-refractivity contribution in [2.75, 3.05) is 5.32 Å². The van der Waals surface area contributed by atoms with Gasteiger partial charge in [-0.25, -0.2) is 0 Å². The van der Waals surface area contributed by atoms with E-state index in [1.165, 1.54) is 18.2 Å². The minimum absolute atomic E-state index is 0.244. The summed E-state index contributed by atoms with van der Waals surface area (Å²) < 4.78 is 42.7. The largest absolute Gasteiger partial charge is 0.573 e. The second-order valence-corrected chi connectivity index (χ2v) is 4.51. The van der Waals surface area contributed by atoms with Crippen molar-refractivity contribution in [3.63, 3.8) is 0 Å². The van der Waals surface area contributed by atoms with Gasteiger partial charge in [0.25, 0.3) is 0 Å². The van der Waals surface area contributed by atoms with Gasteiger partial charge in [0.2, 0.25) is 0 Å². The Hall–Kier alpha value is -2.18. The van der Waals surface area contributed by atoms with Crippen LogP contribution in [0, 0.1) is 0 Å². The molecule has 0 atom stereocenters. The number of nitrogens with one attached hydrogen (secondary N) is 1. The number of nitrogens with zero attached hydrogens (tertiary/aromatic N) is 2. The van der Waals surface area contributed by atoms with Crippen LogP contribution in [-0.2, 0) is 13.1 Å². The minimum Gasteiger partial charge on any atom is -0.404 e. The maximum Gasteiger partial charge on any atom is 0.573 e. The lowest BCUT2D eigenvalue weighted by Crippen LogP contribution is -2.18. The highest BCUT2D eigenvalue weighted by atomic mass is 19.4. The van der Waals surface area contributed by atoms with Gasteiger partial charge in [-0.15, -0.1) is 13.2 Å². The molecule has 0 aliphatic rings. The van der Waals surface area contributed by atoms with Crippen molar-refractivity contribution in [1.29, 1.82) is 0 Å². The molecule has 1 aromatic carbocycles. The maximum atomic E-state index is 12.3. The number of para-hydroxylation sites is 2. The van der Waals surface area contributed by atoms with Gasteiger partial charge < -0.3 is 10.1 Å². The number of alkyl halides is 3. The second-order valence-electron chi connectivity index (χ2n) is 4.51. The van der Waals surface area contributed by atoms with Crippen molar-refractivity contribution in [2.24, 2.45) is 0 Å². The van der Waals surface area contributed by atoms with Crippen molar-refractivity contribution in [2.45, 2.75) is 32.8 Å². The quantitative estimate of drug-likeness (QED) is 0.881. The Morgan fingerprint density at radius 3 is 2.76 bits per heavy atom. The normalized spacial score (nSPS) is 11.4. The highest BCUT2D eigenvalue weighted by Crippen LogP contribution is 2.30. The van der Waals surface area contributed by atoms with Crippen LogP contribution < -0.4 is 10.1 Å². The number of hydrogen-bond donors (Lipinski definition) is 1. The first-order valence-corrected chi connectivity index (χ1v) is 6.58. The van der Waals surface area contributed by atoms with Gasteiger partial charge in [-0.2, -0.15) is 5.10 Å². The van der Waals surface area contributed by atoms with Crippen molar-refractivity contribution >= 4 is 5.69 Å². The molecule has 0 fully saturated rings. The summed E-state index contributed by atoms with van der Waals surface area (Å²) in [6, 6.07) is 5.95. The number of aryl methyl sites for hydroxylation is 1. The van der Waals surface area contributed by atoms with E-state index in [0.717, 1.165) is 18.5 Å². The summed E-state index contributed by atoms with van der Waals surface area (Å²) in [7, 11) is 0. The predicted molar refractivity (Wildman–Crippen MR) is 73.0 cm³/mol. The predicted octanol–water partition coefficient (Wildman–Crippen LogP) is 3.80. The summed E-state index contributed by atoms with van der Waals surface area (Å²) in [6.07, 6.45) is -0.180. The summed E-state index contributed by atoms with van der Waals surface area (Å²) in [5.41, 5.74) is 1.18. The lowest BCUT2D eigenvalue weighted by Gasteiger charge is -2.14. The first-order valence-electron chi connectivity index (χ1n) is 6.58. The zero-order chi connectivity index (χ0) is 15.3. The first-order chi connectivity index (χ1) is 9.98. The molecule has 114 valence electrons. The molecular formula is C14H16F3N3O. The lowest BCUT2D eigenvalue weighted by molar-refractivity contribution is -0.274. The van der Waals surface area contributed by atoms with Gasteiger partial charge in [0.1, 0.15) is 0 Å². The fourth-order valence-electron chi connectivity index (χ4n) is 1.87. The van der Waals surface area contributed by atoms with Gasteiger partial charge in [0.05, 0.1) is 11.9 Å². The molecule has 1 heterocycles. The molecule has 4 nitrogen and oxygen atoms in total. The molecule has 0 spiro atoms. The highest BCUT2D eigenvalue weighted by Gasteiger charge is 2.32. The SMILES string of the molecule is CCCn1cc(CNc2ccccc2OC(F)(F)F)cn1. The van der Waals surface area contributed by atoms with E-state index in [1.54, 1.807) is 16.9 Å². The molecule has 0 saturated heterocycles. The van der Waals surface area contributed by atoms with E-state index in [1.807, 2.05) is 13.1 Å². The Labute approximate surface area is 120 Å². The van der Waals surface area contributed by atoms with E-state index >= 15 is 0 Å². The Balaban J connectivity index is 2.02. The molecule has 1 N–H and O–H groups in total. The van der Waals surface area contributed by atoms with E-state index < -0.39 is 6.36 Å². The molecule has 0 unspecified atom stereocenters. The van der Waals surface area contributed by atoms with Crippen LogP contribution in [0.1, 0.15) is 18.9 Å². The van der Waals surface area contributed by atoms with Crippen LogP contribution in [0.4, 0.5) is 18.9 Å². The third kappa shape index (κ3) is 4.70. The Morgan fingerprint density at radius 1 is 1.29 bits per heavy atom. The van der Waals surface area contributed by atoms with Crippen LogP contribution in [0.25, 0.3) is 0 Å². The molecule has 0 aliphatic heterocycles. The standard InChI is InChI=1S/C14H16F3N3O/c1-2-7-20-10-11(9-19-20)8-18-12-5-3-4-6-13(12)21-14(15,16)17/h3-6,9-10,18H,2,7-8H2,1H3. The lowest BCUT2D eigenvalue weighted by atomic mass is 10.2. The van der Waals surface area contributed by atoms with Crippen LogP contribution in [0.15, 0.2) is 36.7 Å². The van der Waals surface area contributed by atoms with Crippen LogP contribution in [-0.4, -0.2) is 16.1 Å². The second kappa shape index (κ2) is 6.51. The minimum atomic E-state index is -4.70. The van der Waals surface area contributed by atoms with Gasteiger partial charge in [-0.1, -0.05) is 19.1 Å². The Bertz CT molecular complexity index is 581. The fraction of sp³-hybridized carbons (Fsp3) is 0.357. The van der Waals surface area contributed by atoms with E-state index in [2.05, 4.69) is 15.2 Å². The summed E-state index contributed by atoms with van der Waals surface area (Å²) in [6.45, 7) is 3.24. The average Bonchev–Trinajstić information content (AvgIpc) is 2.84. The van der Waals surface area contributed by atoms with Crippen molar-refractivity contribution in [3.8, 4) is 5.75 Å². The number of halogens is 3. The molecule has 2 rings (SSSR count). The molecule has 2 aromatic rings. The summed E-state index contributed by atoms with van der Waals surface area (Å²) in [4.78, 5) is 0. The van der Waals surface area contributed by atoms with E-state index in [9.17, 15) is 13.2 Å². The summed E-state index contributed by atoms with van der Waals surface area (Å²) >= 11 is 0. The maximum absolute atomic E-state index is 12.3. The van der Waals surface area contributed by atoms with E-state index in [4.69, 9.17) is 0 Å². The van der Waals surface area contributed by atoms with Crippen LogP contribution in [0.2, 0.25) is 0 Å². The van der Waals surface area contributed by atoms with Gasteiger partial charge in [-0.05, 0) is 18.6 Å². The number of anilines is 1. The zero-order valence-electron chi connectivity index (χ0n) is 11.5. The fourth-order valence-corrected chi connectivity index (χ4v) is 1.87. The number of aromatic nitrogens is 2. The van der Waals surface area contributed by atoms with E-state index in [-0.39, 0.29) is 11.4 Å². The molecule has 7 heteroatoms. The van der Waals surface area contributed by atoms with Crippen LogP contribution in [0.3, 0.4) is 0 Å². The smallest absolute Gasteiger partial charge is 0.404 e. The number of benzene rings is 1. The van der Waals surface area contributed by atoms with Crippen LogP contribution in [0.5, 0.6) is 5.75 Å². The molecule has 21 heavy (non-hydrogen) atoms. The molecule has 0 radical (unpaired) electrons. The molecule has 0 aliphatic carbocycles. The van der Waals surface area contributed by atoms with Gasteiger partial charge >= 0.3 is 6.36 Å². The monoisotopic (exact) mass is 299 g/mol. The van der Waals surface area contributed by atoms with Gasteiger partial charge in [0.15, 0.2) is 5.75 Å². The molecular weight excluding hydrogens is 283 g/mol. The summed E-state index contributed by atoms with van der Waals surface area (Å²) in [5.74, 6) is -0.244. The third-order valence-corrected chi connectivity index (χ3v) is 2.74. The Morgan fingerprint density at radius 2 is 2.05 bits per heavy atom. The molecule has 0 amide bonds. The van der Waals surface area contributed by atoms with Gasteiger partial charge in [-0.3, -0.25) is 4.68 Å². The molecule has 0 bridgehead atoms. The van der Waals surface area contributed by atoms with Crippen LogP contribution >= 0.6 is 0 Å². The topological polar surface area (TPSA) is 39.1 Å². The summed E-state index contributed by atoms with van der Waals surface area (Å²) in [5, 5.41) is 7.09. The van der Waals surface area contributed by atoms with E-state index in [0.29, 0.717) is 6.54 Å².